The second-order valence-electron chi connectivity index (χ2n) is 8.47. The first kappa shape index (κ1) is 18.6. The van der Waals surface area contributed by atoms with Gasteiger partial charge in [0.15, 0.2) is 0 Å². The summed E-state index contributed by atoms with van der Waals surface area (Å²) in [5.74, 6) is 1.17. The number of ketones is 1. The Morgan fingerprint density at radius 3 is 2.56 bits per heavy atom. The minimum atomic E-state index is -0.564. The van der Waals surface area contributed by atoms with Crippen molar-refractivity contribution in [2.75, 3.05) is 14.2 Å². The van der Waals surface area contributed by atoms with Crippen LogP contribution in [0.3, 0.4) is 0 Å². The molecule has 0 amide bonds. The summed E-state index contributed by atoms with van der Waals surface area (Å²) in [7, 11) is 3.47. The Hall–Kier alpha value is -1.72. The van der Waals surface area contributed by atoms with Crippen LogP contribution in [0.15, 0.2) is 18.2 Å². The van der Waals surface area contributed by atoms with Crippen LogP contribution in [0.2, 0.25) is 0 Å². The molecule has 27 heavy (non-hydrogen) atoms. The summed E-state index contributed by atoms with van der Waals surface area (Å²) in [4.78, 5) is 24.0. The van der Waals surface area contributed by atoms with Gasteiger partial charge in [-0.15, -0.1) is 0 Å². The number of aryl methyl sites for hydroxylation is 1. The highest BCUT2D eigenvalue weighted by Crippen LogP contribution is 2.63. The smallest absolute Gasteiger partial charge is 0.308 e. The zero-order valence-electron chi connectivity index (χ0n) is 16.5. The minimum Gasteiger partial charge on any atom is -0.427 e. The van der Waals surface area contributed by atoms with Crippen molar-refractivity contribution in [3.05, 3.63) is 29.3 Å². The van der Waals surface area contributed by atoms with Gasteiger partial charge in [-0.25, -0.2) is 0 Å². The lowest BCUT2D eigenvalue weighted by Crippen LogP contribution is -2.61. The molecule has 2 fully saturated rings. The Morgan fingerprint density at radius 1 is 1.15 bits per heavy atom. The van der Waals surface area contributed by atoms with Crippen LogP contribution in [0, 0.1) is 17.3 Å². The molecule has 0 radical (unpaired) electrons. The molecule has 0 bridgehead atoms. The van der Waals surface area contributed by atoms with E-state index in [4.69, 9.17) is 14.2 Å². The third kappa shape index (κ3) is 2.51. The van der Waals surface area contributed by atoms with E-state index in [1.165, 1.54) is 6.92 Å². The topological polar surface area (TPSA) is 61.8 Å². The molecular weight excluding hydrogens is 344 g/mol. The lowest BCUT2D eigenvalue weighted by molar-refractivity contribution is -0.220. The van der Waals surface area contributed by atoms with Crippen molar-refractivity contribution in [3.63, 3.8) is 0 Å². The summed E-state index contributed by atoms with van der Waals surface area (Å²) in [5, 5.41) is 0. The molecule has 5 nitrogen and oxygen atoms in total. The van der Waals surface area contributed by atoms with Gasteiger partial charge in [0, 0.05) is 33.0 Å². The Labute approximate surface area is 160 Å². The van der Waals surface area contributed by atoms with Crippen LogP contribution in [-0.4, -0.2) is 32.1 Å². The van der Waals surface area contributed by atoms with E-state index in [9.17, 15) is 9.59 Å². The predicted molar refractivity (Wildman–Crippen MR) is 99.5 cm³/mol. The predicted octanol–water partition coefficient (Wildman–Crippen LogP) is 3.42. The van der Waals surface area contributed by atoms with E-state index in [2.05, 4.69) is 6.92 Å². The van der Waals surface area contributed by atoms with Gasteiger partial charge < -0.3 is 14.2 Å². The van der Waals surface area contributed by atoms with Crippen LogP contribution in [0.25, 0.3) is 0 Å². The number of rotatable bonds is 3. The zero-order valence-corrected chi connectivity index (χ0v) is 16.5. The largest absolute Gasteiger partial charge is 0.427 e. The second kappa shape index (κ2) is 6.42. The molecule has 5 heteroatoms. The molecule has 146 valence electrons. The van der Waals surface area contributed by atoms with E-state index < -0.39 is 5.60 Å². The lowest BCUT2D eigenvalue weighted by atomic mass is 9.52. The van der Waals surface area contributed by atoms with E-state index in [1.54, 1.807) is 14.2 Å². The summed E-state index contributed by atoms with van der Waals surface area (Å²) in [6.45, 7) is 3.53. The van der Waals surface area contributed by atoms with Crippen molar-refractivity contribution < 1.29 is 23.8 Å². The van der Waals surface area contributed by atoms with E-state index >= 15 is 0 Å². The monoisotopic (exact) mass is 372 g/mol. The van der Waals surface area contributed by atoms with E-state index in [0.717, 1.165) is 30.4 Å². The average Bonchev–Trinajstić information content (AvgIpc) is 2.94. The maximum atomic E-state index is 12.7. The number of carbonyl (C=O) groups excluding carboxylic acids is 2. The highest BCUT2D eigenvalue weighted by molar-refractivity contribution is 5.87. The molecule has 3 aliphatic rings. The third-order valence-electron chi connectivity index (χ3n) is 7.37. The van der Waals surface area contributed by atoms with Gasteiger partial charge in [0.05, 0.1) is 6.10 Å². The molecule has 4 rings (SSSR count). The van der Waals surface area contributed by atoms with Crippen LogP contribution in [-0.2, 0) is 31.1 Å². The number of hydrogen-bond acceptors (Lipinski definition) is 5. The van der Waals surface area contributed by atoms with Crippen molar-refractivity contribution in [2.24, 2.45) is 17.3 Å². The highest BCUT2D eigenvalue weighted by Gasteiger charge is 2.65. The van der Waals surface area contributed by atoms with Crippen molar-refractivity contribution in [3.8, 4) is 5.75 Å². The second-order valence-corrected chi connectivity index (χ2v) is 8.47. The van der Waals surface area contributed by atoms with Gasteiger partial charge >= 0.3 is 5.97 Å². The maximum Gasteiger partial charge on any atom is 0.308 e. The number of ether oxygens (including phenoxy) is 3. The number of hydrogen-bond donors (Lipinski definition) is 0. The zero-order chi connectivity index (χ0) is 19.4. The molecule has 0 unspecified atom stereocenters. The number of methoxy groups -OCH3 is 2. The summed E-state index contributed by atoms with van der Waals surface area (Å²) in [6, 6.07) is 5.81. The number of carbonyl (C=O) groups is 2. The lowest BCUT2D eigenvalue weighted by Gasteiger charge is -2.58. The first-order valence-electron chi connectivity index (χ1n) is 9.80. The molecule has 5 atom stereocenters. The SMILES string of the molecule is CO[C@H]1C[C@]2(C)C(=O)CC[C@H]2[C@@H]2CCc3cc(OC(C)=O)ccc3[C@@]12OC. The van der Waals surface area contributed by atoms with Gasteiger partial charge in [-0.2, -0.15) is 0 Å². The molecular formula is C22H28O5. The fourth-order valence-corrected chi connectivity index (χ4v) is 6.22. The van der Waals surface area contributed by atoms with Gasteiger partial charge in [-0.3, -0.25) is 9.59 Å². The van der Waals surface area contributed by atoms with E-state index in [1.807, 2.05) is 18.2 Å². The van der Waals surface area contributed by atoms with Crippen molar-refractivity contribution in [2.45, 2.75) is 57.7 Å². The van der Waals surface area contributed by atoms with Crippen molar-refractivity contribution >= 4 is 11.8 Å². The number of Topliss-reactive ketones (excluding diaryl/α,β-unsaturated/α-hetero) is 1. The Kier molecular flexibility index (Phi) is 4.43. The van der Waals surface area contributed by atoms with Crippen LogP contribution in [0.1, 0.15) is 50.7 Å². The molecule has 0 heterocycles. The maximum absolute atomic E-state index is 12.7. The number of fused-ring (bicyclic) bond motifs is 5. The summed E-state index contributed by atoms with van der Waals surface area (Å²) in [5.41, 5.74) is 1.38. The summed E-state index contributed by atoms with van der Waals surface area (Å²) in [6.07, 6.45) is 3.92. The fourth-order valence-electron chi connectivity index (χ4n) is 6.22. The number of benzene rings is 1. The molecule has 0 aromatic heterocycles. The third-order valence-corrected chi connectivity index (χ3v) is 7.37. The summed E-state index contributed by atoms with van der Waals surface area (Å²) >= 11 is 0. The van der Waals surface area contributed by atoms with Crippen LogP contribution < -0.4 is 4.74 Å². The molecule has 1 aromatic rings. The Morgan fingerprint density at radius 2 is 1.89 bits per heavy atom. The normalized spacial score (nSPS) is 37.3. The summed E-state index contributed by atoms with van der Waals surface area (Å²) < 4.78 is 17.5. The van der Waals surface area contributed by atoms with E-state index in [0.29, 0.717) is 30.3 Å². The molecule has 0 saturated heterocycles. The van der Waals surface area contributed by atoms with Crippen molar-refractivity contribution in [1.82, 2.24) is 0 Å². The van der Waals surface area contributed by atoms with Gasteiger partial charge in [0.2, 0.25) is 0 Å². The standard InChI is InChI=1S/C22H28O5/c1-13(23)27-15-6-8-16-14(11-15)5-7-18-17-9-10-19(24)21(17,2)12-20(25-3)22(16,18)26-4/h6,8,11,17-18,20H,5,7,9-10,12H2,1-4H3/t17-,18-,20-,21-,22-/m0/s1. The minimum absolute atomic E-state index is 0.186. The number of esters is 1. The van der Waals surface area contributed by atoms with Crippen molar-refractivity contribution in [1.29, 1.82) is 0 Å². The Balaban J connectivity index is 1.83. The highest BCUT2D eigenvalue weighted by atomic mass is 16.5. The Bertz CT molecular complexity index is 787. The van der Waals surface area contributed by atoms with Gasteiger partial charge in [0.1, 0.15) is 17.1 Å². The van der Waals surface area contributed by atoms with Crippen LogP contribution in [0.4, 0.5) is 0 Å². The van der Waals surface area contributed by atoms with Gasteiger partial charge in [-0.05, 0) is 60.8 Å². The fraction of sp³-hybridized carbons (Fsp3) is 0.636. The molecule has 0 aliphatic heterocycles. The average molecular weight is 372 g/mol. The van der Waals surface area contributed by atoms with Crippen LogP contribution in [0.5, 0.6) is 5.75 Å². The molecule has 1 aromatic carbocycles. The quantitative estimate of drug-likeness (QED) is 0.601. The van der Waals surface area contributed by atoms with Crippen LogP contribution >= 0.6 is 0 Å². The molecule has 0 N–H and O–H groups in total. The van der Waals surface area contributed by atoms with E-state index in [-0.39, 0.29) is 23.4 Å². The molecule has 3 aliphatic carbocycles. The molecule has 0 spiro atoms. The van der Waals surface area contributed by atoms with Gasteiger partial charge in [-0.1, -0.05) is 13.0 Å². The first-order chi connectivity index (χ1) is 12.9. The first-order valence-corrected chi connectivity index (χ1v) is 9.80. The molecule has 2 saturated carbocycles. The van der Waals surface area contributed by atoms with Gasteiger partial charge in [0.25, 0.3) is 0 Å².